The average molecular weight is 351 g/mol. The highest BCUT2D eigenvalue weighted by atomic mass is 79.9. The van der Waals surface area contributed by atoms with Crippen molar-refractivity contribution in [2.45, 2.75) is 45.8 Å². The summed E-state index contributed by atoms with van der Waals surface area (Å²) in [5, 5.41) is 0. The van der Waals surface area contributed by atoms with Crippen molar-refractivity contribution in [2.24, 2.45) is 0 Å². The number of carbonyl (C=O) groups is 1. The number of halogens is 1. The van der Waals surface area contributed by atoms with Crippen LogP contribution in [0.15, 0.2) is 33.3 Å². The van der Waals surface area contributed by atoms with Crippen molar-refractivity contribution in [3.63, 3.8) is 0 Å². The molecule has 1 fully saturated rings. The summed E-state index contributed by atoms with van der Waals surface area (Å²) in [5.41, 5.74) is 0.736. The van der Waals surface area contributed by atoms with E-state index in [1.807, 2.05) is 47.7 Å². The number of aromatic nitrogens is 1. The fourth-order valence-electron chi connectivity index (χ4n) is 2.55. The van der Waals surface area contributed by atoms with Gasteiger partial charge >= 0.3 is 0 Å². The molecule has 2 heterocycles. The van der Waals surface area contributed by atoms with Gasteiger partial charge in [0.25, 0.3) is 5.91 Å². The lowest BCUT2D eigenvalue weighted by molar-refractivity contribution is 0.0706. The molecule has 1 aliphatic carbocycles. The van der Waals surface area contributed by atoms with Gasteiger partial charge in [-0.25, -0.2) is 0 Å². The molecule has 2 aromatic rings. The highest BCUT2D eigenvalue weighted by Crippen LogP contribution is 2.31. The molecule has 3 rings (SSSR count). The van der Waals surface area contributed by atoms with Crippen LogP contribution in [0.3, 0.4) is 0 Å². The van der Waals surface area contributed by atoms with Gasteiger partial charge in [0.1, 0.15) is 17.2 Å². The number of hydrogen-bond donors (Lipinski definition) is 0. The van der Waals surface area contributed by atoms with Gasteiger partial charge in [-0.1, -0.05) is 0 Å². The summed E-state index contributed by atoms with van der Waals surface area (Å²) in [4.78, 5) is 14.8. The zero-order chi connectivity index (χ0) is 15.0. The van der Waals surface area contributed by atoms with Crippen molar-refractivity contribution in [3.8, 4) is 0 Å². The molecule has 1 saturated carbocycles. The third-order valence-electron chi connectivity index (χ3n) is 3.79. The number of furan rings is 1. The molecule has 4 nitrogen and oxygen atoms in total. The van der Waals surface area contributed by atoms with Gasteiger partial charge in [-0.3, -0.25) is 4.79 Å². The van der Waals surface area contributed by atoms with Crippen LogP contribution in [0.2, 0.25) is 0 Å². The van der Waals surface area contributed by atoms with E-state index >= 15 is 0 Å². The summed E-state index contributed by atoms with van der Waals surface area (Å²) in [6, 6.07) is 6.14. The maximum absolute atomic E-state index is 12.9. The van der Waals surface area contributed by atoms with E-state index in [1.165, 1.54) is 0 Å². The quantitative estimate of drug-likeness (QED) is 0.817. The molecule has 1 amide bonds. The molecule has 2 aromatic heterocycles. The third-order valence-corrected chi connectivity index (χ3v) is 4.23. The van der Waals surface area contributed by atoms with Crippen molar-refractivity contribution in [1.29, 1.82) is 0 Å². The van der Waals surface area contributed by atoms with E-state index in [4.69, 9.17) is 4.42 Å². The molecule has 0 aliphatic heterocycles. The molecule has 0 radical (unpaired) electrons. The largest absolute Gasteiger partial charge is 0.464 e. The Kier molecular flexibility index (Phi) is 3.93. The van der Waals surface area contributed by atoms with Crippen molar-refractivity contribution in [1.82, 2.24) is 9.47 Å². The summed E-state index contributed by atoms with van der Waals surface area (Å²) in [5.74, 6) is 1.81. The number of hydrogen-bond acceptors (Lipinski definition) is 2. The first kappa shape index (κ1) is 14.4. The van der Waals surface area contributed by atoms with Crippen molar-refractivity contribution >= 4 is 21.8 Å². The SMILES string of the molecule is CCn1cc(Br)cc1C(=O)N(Cc1ccc(C)o1)C1CC1. The molecule has 0 atom stereocenters. The number of aryl methyl sites for hydroxylation is 2. The Labute approximate surface area is 132 Å². The Morgan fingerprint density at radius 2 is 2.24 bits per heavy atom. The van der Waals surface area contributed by atoms with Crippen LogP contribution in [0.5, 0.6) is 0 Å². The van der Waals surface area contributed by atoms with E-state index in [-0.39, 0.29) is 5.91 Å². The summed E-state index contributed by atoms with van der Waals surface area (Å²) < 4.78 is 8.55. The smallest absolute Gasteiger partial charge is 0.271 e. The van der Waals surface area contributed by atoms with Crippen LogP contribution in [-0.2, 0) is 13.1 Å². The summed E-state index contributed by atoms with van der Waals surface area (Å²) in [7, 11) is 0. The first-order valence-corrected chi connectivity index (χ1v) is 8.09. The Hall–Kier alpha value is -1.49. The number of carbonyl (C=O) groups excluding carboxylic acids is 1. The van der Waals surface area contributed by atoms with Gasteiger partial charge in [0.05, 0.1) is 6.54 Å². The van der Waals surface area contributed by atoms with Gasteiger partial charge < -0.3 is 13.9 Å². The molecule has 1 aliphatic rings. The van der Waals surface area contributed by atoms with Crippen LogP contribution in [0, 0.1) is 6.92 Å². The van der Waals surface area contributed by atoms with E-state index < -0.39 is 0 Å². The fourth-order valence-corrected chi connectivity index (χ4v) is 3.02. The van der Waals surface area contributed by atoms with Gasteiger partial charge in [-0.2, -0.15) is 0 Å². The van der Waals surface area contributed by atoms with Crippen LogP contribution in [0.1, 0.15) is 41.8 Å². The first-order valence-electron chi connectivity index (χ1n) is 7.30. The minimum absolute atomic E-state index is 0.0825. The highest BCUT2D eigenvalue weighted by Gasteiger charge is 2.34. The molecule has 0 aromatic carbocycles. The molecule has 0 spiro atoms. The molecule has 0 N–H and O–H groups in total. The Bertz CT molecular complexity index is 655. The summed E-state index contributed by atoms with van der Waals surface area (Å²) in [6.07, 6.45) is 4.12. The van der Waals surface area contributed by atoms with Crippen LogP contribution in [0.4, 0.5) is 0 Å². The zero-order valence-corrected chi connectivity index (χ0v) is 13.9. The second kappa shape index (κ2) is 5.72. The van der Waals surface area contributed by atoms with Crippen molar-refractivity contribution in [3.05, 3.63) is 46.1 Å². The van der Waals surface area contributed by atoms with Gasteiger partial charge in [0.15, 0.2) is 0 Å². The minimum Gasteiger partial charge on any atom is -0.464 e. The molecule has 112 valence electrons. The monoisotopic (exact) mass is 350 g/mol. The van der Waals surface area contributed by atoms with Gasteiger partial charge in [-0.05, 0) is 60.8 Å². The van der Waals surface area contributed by atoms with E-state index in [1.54, 1.807) is 0 Å². The normalized spacial score (nSPS) is 14.4. The third kappa shape index (κ3) is 3.07. The van der Waals surface area contributed by atoms with E-state index in [2.05, 4.69) is 15.9 Å². The Balaban J connectivity index is 1.84. The minimum atomic E-state index is 0.0825. The van der Waals surface area contributed by atoms with Gasteiger partial charge in [-0.15, -0.1) is 0 Å². The van der Waals surface area contributed by atoms with E-state index in [0.29, 0.717) is 12.6 Å². The van der Waals surface area contributed by atoms with E-state index in [0.717, 1.165) is 41.1 Å². The number of nitrogens with zero attached hydrogens (tertiary/aromatic N) is 2. The van der Waals surface area contributed by atoms with Crippen LogP contribution in [0.25, 0.3) is 0 Å². The number of rotatable bonds is 5. The predicted octanol–water partition coefficient (Wildman–Crippen LogP) is 3.98. The Morgan fingerprint density at radius 3 is 2.81 bits per heavy atom. The molecule has 21 heavy (non-hydrogen) atoms. The van der Waals surface area contributed by atoms with Crippen molar-refractivity contribution in [2.75, 3.05) is 0 Å². The maximum Gasteiger partial charge on any atom is 0.271 e. The average Bonchev–Trinajstić information content (AvgIpc) is 3.11. The summed E-state index contributed by atoms with van der Waals surface area (Å²) in [6.45, 7) is 5.29. The van der Waals surface area contributed by atoms with Crippen LogP contribution < -0.4 is 0 Å². The fraction of sp³-hybridized carbons (Fsp3) is 0.438. The number of amides is 1. The Morgan fingerprint density at radius 1 is 1.48 bits per heavy atom. The topological polar surface area (TPSA) is 38.4 Å². The zero-order valence-electron chi connectivity index (χ0n) is 12.3. The standard InChI is InChI=1S/C16H19BrN2O2/c1-3-18-9-12(17)8-15(18)16(20)19(13-5-6-13)10-14-7-4-11(2)21-14/h4,7-9,13H,3,5-6,10H2,1-2H3. The first-order chi connectivity index (χ1) is 10.1. The molecule has 5 heteroatoms. The lowest BCUT2D eigenvalue weighted by Gasteiger charge is -2.22. The molecule has 0 unspecified atom stereocenters. The van der Waals surface area contributed by atoms with Crippen LogP contribution >= 0.6 is 15.9 Å². The van der Waals surface area contributed by atoms with Gasteiger partial charge in [0, 0.05) is 23.3 Å². The van der Waals surface area contributed by atoms with Crippen molar-refractivity contribution < 1.29 is 9.21 Å². The molecular weight excluding hydrogens is 332 g/mol. The lowest BCUT2D eigenvalue weighted by atomic mass is 10.3. The molecule has 0 saturated heterocycles. The van der Waals surface area contributed by atoms with Crippen LogP contribution in [-0.4, -0.2) is 21.4 Å². The highest BCUT2D eigenvalue weighted by molar-refractivity contribution is 9.10. The maximum atomic E-state index is 12.9. The molecular formula is C16H19BrN2O2. The van der Waals surface area contributed by atoms with Gasteiger partial charge in [0.2, 0.25) is 0 Å². The molecule has 0 bridgehead atoms. The second-order valence-corrected chi connectivity index (χ2v) is 6.42. The second-order valence-electron chi connectivity index (χ2n) is 5.51. The summed E-state index contributed by atoms with van der Waals surface area (Å²) >= 11 is 3.45. The predicted molar refractivity (Wildman–Crippen MR) is 84.1 cm³/mol. The van der Waals surface area contributed by atoms with E-state index in [9.17, 15) is 4.79 Å². The lowest BCUT2D eigenvalue weighted by Crippen LogP contribution is -2.33.